The summed E-state index contributed by atoms with van der Waals surface area (Å²) in [6.45, 7) is 2.71. The summed E-state index contributed by atoms with van der Waals surface area (Å²) in [4.78, 5) is 18.9. The number of rotatable bonds is 4. The molecule has 5 nitrogen and oxygen atoms in total. The Hall–Kier alpha value is -2.47. The molecule has 1 aliphatic rings. The molecule has 0 spiro atoms. The standard InChI is InChI=1S/C19H21FN4O/c20-16-3-1-14(2-4-16)11-15-6-9-23(10-7-15)13-17-12-19(25)24-18(22-17)5-8-21-24/h1-5,8,12,15,21H,6-7,9-11,13H2. The molecule has 1 saturated heterocycles. The van der Waals surface area contributed by atoms with Gasteiger partial charge in [0, 0.05) is 24.9 Å². The van der Waals surface area contributed by atoms with Gasteiger partial charge in [-0.1, -0.05) is 12.1 Å². The Bertz CT molecular complexity index is 907. The van der Waals surface area contributed by atoms with Crippen molar-refractivity contribution in [2.75, 3.05) is 13.1 Å². The van der Waals surface area contributed by atoms with Gasteiger partial charge in [-0.05, 0) is 56.0 Å². The van der Waals surface area contributed by atoms with Crippen molar-refractivity contribution in [1.82, 2.24) is 19.5 Å². The zero-order chi connectivity index (χ0) is 17.2. The number of benzene rings is 1. The van der Waals surface area contributed by atoms with Gasteiger partial charge in [0.15, 0.2) is 5.65 Å². The highest BCUT2D eigenvalue weighted by molar-refractivity contribution is 5.36. The zero-order valence-electron chi connectivity index (χ0n) is 14.0. The summed E-state index contributed by atoms with van der Waals surface area (Å²) in [6.07, 6.45) is 4.95. The Labute approximate surface area is 145 Å². The second-order valence-corrected chi connectivity index (χ2v) is 6.79. The van der Waals surface area contributed by atoms with E-state index >= 15 is 0 Å². The molecule has 0 atom stereocenters. The van der Waals surface area contributed by atoms with Crippen LogP contribution in [0.25, 0.3) is 5.65 Å². The van der Waals surface area contributed by atoms with Crippen LogP contribution in [0.3, 0.4) is 0 Å². The minimum Gasteiger partial charge on any atom is -0.297 e. The molecule has 1 fully saturated rings. The Morgan fingerprint density at radius 2 is 1.92 bits per heavy atom. The molecule has 0 aliphatic carbocycles. The molecule has 1 N–H and O–H groups in total. The lowest BCUT2D eigenvalue weighted by molar-refractivity contribution is 0.175. The van der Waals surface area contributed by atoms with Gasteiger partial charge < -0.3 is 0 Å². The molecule has 3 aromatic rings. The molecule has 25 heavy (non-hydrogen) atoms. The fraction of sp³-hybridized carbons (Fsp3) is 0.368. The van der Waals surface area contributed by atoms with Gasteiger partial charge in [0.1, 0.15) is 5.82 Å². The Morgan fingerprint density at radius 3 is 2.68 bits per heavy atom. The van der Waals surface area contributed by atoms with E-state index < -0.39 is 0 Å². The smallest absolute Gasteiger partial charge is 0.272 e. The summed E-state index contributed by atoms with van der Waals surface area (Å²) >= 11 is 0. The number of aromatic nitrogens is 3. The van der Waals surface area contributed by atoms with Gasteiger partial charge in [-0.25, -0.2) is 13.9 Å². The van der Waals surface area contributed by atoms with E-state index in [4.69, 9.17) is 0 Å². The molecule has 0 radical (unpaired) electrons. The van der Waals surface area contributed by atoms with Crippen molar-refractivity contribution in [3.8, 4) is 0 Å². The molecule has 1 aliphatic heterocycles. The van der Waals surface area contributed by atoms with Crippen molar-refractivity contribution in [1.29, 1.82) is 0 Å². The van der Waals surface area contributed by atoms with Crippen LogP contribution in [-0.2, 0) is 13.0 Å². The molecule has 3 heterocycles. The van der Waals surface area contributed by atoms with E-state index in [0.717, 1.165) is 38.0 Å². The van der Waals surface area contributed by atoms with Gasteiger partial charge in [-0.15, -0.1) is 0 Å². The van der Waals surface area contributed by atoms with Crippen LogP contribution < -0.4 is 5.56 Å². The van der Waals surface area contributed by atoms with Crippen molar-refractivity contribution in [2.24, 2.45) is 5.92 Å². The third-order valence-electron chi connectivity index (χ3n) is 4.96. The minimum absolute atomic E-state index is 0.0730. The first-order chi connectivity index (χ1) is 12.2. The molecule has 6 heteroatoms. The van der Waals surface area contributed by atoms with Gasteiger partial charge in [-0.2, -0.15) is 0 Å². The van der Waals surface area contributed by atoms with Gasteiger partial charge in [0.2, 0.25) is 0 Å². The van der Waals surface area contributed by atoms with Gasteiger partial charge in [-0.3, -0.25) is 14.8 Å². The van der Waals surface area contributed by atoms with Crippen LogP contribution in [0.15, 0.2) is 47.4 Å². The molecule has 2 aromatic heterocycles. The lowest BCUT2D eigenvalue weighted by atomic mass is 9.90. The van der Waals surface area contributed by atoms with Gasteiger partial charge >= 0.3 is 0 Å². The number of halogens is 1. The number of H-pyrrole nitrogens is 1. The first-order valence-electron chi connectivity index (χ1n) is 8.70. The molecular weight excluding hydrogens is 319 g/mol. The van der Waals surface area contributed by atoms with Crippen LogP contribution >= 0.6 is 0 Å². The molecule has 0 unspecified atom stereocenters. The van der Waals surface area contributed by atoms with E-state index in [-0.39, 0.29) is 11.4 Å². The molecule has 0 amide bonds. The van der Waals surface area contributed by atoms with E-state index in [1.54, 1.807) is 18.3 Å². The first-order valence-corrected chi connectivity index (χ1v) is 8.70. The Morgan fingerprint density at radius 1 is 1.16 bits per heavy atom. The number of piperidine rings is 1. The fourth-order valence-electron chi connectivity index (χ4n) is 3.59. The molecule has 1 aromatic carbocycles. The number of hydrogen-bond acceptors (Lipinski definition) is 3. The highest BCUT2D eigenvalue weighted by atomic mass is 19.1. The number of fused-ring (bicyclic) bond motifs is 1. The highest BCUT2D eigenvalue weighted by Gasteiger charge is 2.20. The van der Waals surface area contributed by atoms with Crippen molar-refractivity contribution in [3.05, 3.63) is 70.0 Å². The second-order valence-electron chi connectivity index (χ2n) is 6.79. The predicted molar refractivity (Wildman–Crippen MR) is 93.9 cm³/mol. The lowest BCUT2D eigenvalue weighted by Gasteiger charge is -2.31. The largest absolute Gasteiger partial charge is 0.297 e. The van der Waals surface area contributed by atoms with Gasteiger partial charge in [0.05, 0.1) is 5.69 Å². The van der Waals surface area contributed by atoms with Crippen LogP contribution in [0.4, 0.5) is 4.39 Å². The number of aromatic amines is 1. The monoisotopic (exact) mass is 340 g/mol. The second kappa shape index (κ2) is 6.80. The van der Waals surface area contributed by atoms with E-state index in [2.05, 4.69) is 15.0 Å². The van der Waals surface area contributed by atoms with E-state index in [1.807, 2.05) is 12.1 Å². The van der Waals surface area contributed by atoms with Crippen LogP contribution in [-0.4, -0.2) is 32.6 Å². The van der Waals surface area contributed by atoms with E-state index in [9.17, 15) is 9.18 Å². The summed E-state index contributed by atoms with van der Waals surface area (Å²) in [5, 5.41) is 2.86. The summed E-state index contributed by atoms with van der Waals surface area (Å²) in [5.41, 5.74) is 2.61. The maximum atomic E-state index is 13.0. The van der Waals surface area contributed by atoms with Crippen molar-refractivity contribution in [3.63, 3.8) is 0 Å². The molecular formula is C19H21FN4O. The first kappa shape index (κ1) is 16.0. The molecule has 4 rings (SSSR count). The summed E-state index contributed by atoms with van der Waals surface area (Å²) < 4.78 is 14.4. The number of nitrogens with one attached hydrogen (secondary N) is 1. The molecule has 0 saturated carbocycles. The van der Waals surface area contributed by atoms with Crippen LogP contribution in [0.1, 0.15) is 24.1 Å². The number of hydrogen-bond donors (Lipinski definition) is 1. The third-order valence-corrected chi connectivity index (χ3v) is 4.96. The quantitative estimate of drug-likeness (QED) is 0.794. The predicted octanol–water partition coefficient (Wildman–Crippen LogP) is 2.62. The maximum Gasteiger partial charge on any atom is 0.272 e. The molecule has 130 valence electrons. The normalized spacial score (nSPS) is 16.5. The lowest BCUT2D eigenvalue weighted by Crippen LogP contribution is -2.34. The summed E-state index contributed by atoms with van der Waals surface area (Å²) in [5.74, 6) is 0.453. The minimum atomic E-state index is -0.179. The van der Waals surface area contributed by atoms with Crippen LogP contribution in [0, 0.1) is 11.7 Å². The topological polar surface area (TPSA) is 53.4 Å². The molecule has 0 bridgehead atoms. The maximum absolute atomic E-state index is 13.0. The zero-order valence-corrected chi connectivity index (χ0v) is 14.0. The third kappa shape index (κ3) is 3.64. The fourth-order valence-corrected chi connectivity index (χ4v) is 3.59. The van der Waals surface area contributed by atoms with E-state index in [0.29, 0.717) is 18.1 Å². The van der Waals surface area contributed by atoms with Crippen molar-refractivity contribution >= 4 is 5.65 Å². The highest BCUT2D eigenvalue weighted by Crippen LogP contribution is 2.22. The number of likely N-dealkylation sites (tertiary alicyclic amines) is 1. The van der Waals surface area contributed by atoms with Crippen LogP contribution in [0.2, 0.25) is 0 Å². The van der Waals surface area contributed by atoms with Crippen molar-refractivity contribution in [2.45, 2.75) is 25.8 Å². The summed E-state index contributed by atoms with van der Waals surface area (Å²) in [6, 6.07) is 10.2. The Balaban J connectivity index is 1.35. The Kier molecular flexibility index (Phi) is 4.36. The summed E-state index contributed by atoms with van der Waals surface area (Å²) in [7, 11) is 0. The average Bonchev–Trinajstić information content (AvgIpc) is 3.08. The van der Waals surface area contributed by atoms with Crippen molar-refractivity contribution < 1.29 is 4.39 Å². The van der Waals surface area contributed by atoms with Crippen LogP contribution in [0.5, 0.6) is 0 Å². The number of nitrogens with zero attached hydrogens (tertiary/aromatic N) is 3. The van der Waals surface area contributed by atoms with E-state index in [1.165, 1.54) is 22.2 Å². The van der Waals surface area contributed by atoms with Gasteiger partial charge in [0.25, 0.3) is 5.56 Å². The average molecular weight is 340 g/mol. The SMILES string of the molecule is O=c1cc(CN2CCC(Cc3ccc(F)cc3)CC2)nc2cc[nH]n12.